The van der Waals surface area contributed by atoms with Crippen LogP contribution >= 0.6 is 0 Å². The molecule has 1 aliphatic rings. The minimum Gasteiger partial charge on any atom is -0.459 e. The first-order chi connectivity index (χ1) is 11.7. The summed E-state index contributed by atoms with van der Waals surface area (Å²) in [4.78, 5) is 24.5. The summed E-state index contributed by atoms with van der Waals surface area (Å²) >= 11 is 0. The highest BCUT2D eigenvalue weighted by Gasteiger charge is 2.16. The number of carbonyl (C=O) groups is 2. The van der Waals surface area contributed by atoms with E-state index in [1.807, 2.05) is 0 Å². The summed E-state index contributed by atoms with van der Waals surface area (Å²) in [6.07, 6.45) is 8.38. The van der Waals surface area contributed by atoms with Gasteiger partial charge in [-0.15, -0.1) is 0 Å². The van der Waals surface area contributed by atoms with Gasteiger partial charge in [-0.05, 0) is 43.2 Å². The van der Waals surface area contributed by atoms with Gasteiger partial charge in [-0.2, -0.15) is 0 Å². The van der Waals surface area contributed by atoms with E-state index < -0.39 is 0 Å². The third kappa shape index (κ3) is 4.25. The van der Waals surface area contributed by atoms with Crippen LogP contribution in [0.1, 0.15) is 59.4 Å². The zero-order valence-electron chi connectivity index (χ0n) is 13.6. The number of furan rings is 1. The third-order valence-corrected chi connectivity index (χ3v) is 4.32. The van der Waals surface area contributed by atoms with E-state index in [-0.39, 0.29) is 23.6 Å². The van der Waals surface area contributed by atoms with Crippen molar-refractivity contribution in [3.63, 3.8) is 0 Å². The summed E-state index contributed by atoms with van der Waals surface area (Å²) in [6.45, 7) is 0. The van der Waals surface area contributed by atoms with Crippen molar-refractivity contribution in [3.8, 4) is 0 Å². The number of benzene rings is 1. The highest BCUT2D eigenvalue weighted by atomic mass is 16.3. The maximum Gasteiger partial charge on any atom is 0.291 e. The Balaban J connectivity index is 1.63. The second-order valence-corrected chi connectivity index (χ2v) is 6.17. The van der Waals surface area contributed by atoms with Gasteiger partial charge in [-0.1, -0.05) is 31.7 Å². The molecule has 5 heteroatoms. The van der Waals surface area contributed by atoms with Gasteiger partial charge in [-0.25, -0.2) is 0 Å². The molecule has 1 fully saturated rings. The summed E-state index contributed by atoms with van der Waals surface area (Å²) in [6, 6.07) is 10.5. The maximum atomic E-state index is 12.4. The molecule has 0 unspecified atom stereocenters. The van der Waals surface area contributed by atoms with Gasteiger partial charge < -0.3 is 15.1 Å². The highest BCUT2D eigenvalue weighted by molar-refractivity contribution is 6.03. The number of hydrogen-bond donors (Lipinski definition) is 2. The Hall–Kier alpha value is -2.56. The van der Waals surface area contributed by atoms with Crippen LogP contribution in [0.5, 0.6) is 0 Å². The number of amides is 2. The van der Waals surface area contributed by atoms with Crippen LogP contribution in [-0.2, 0) is 0 Å². The Kier molecular flexibility index (Phi) is 5.31. The molecule has 3 rings (SSSR count). The Morgan fingerprint density at radius 3 is 2.46 bits per heavy atom. The molecule has 126 valence electrons. The molecule has 1 aromatic carbocycles. The molecule has 0 atom stereocenters. The van der Waals surface area contributed by atoms with Crippen molar-refractivity contribution in [1.82, 2.24) is 5.32 Å². The van der Waals surface area contributed by atoms with Crippen LogP contribution in [0, 0.1) is 0 Å². The second-order valence-electron chi connectivity index (χ2n) is 6.17. The summed E-state index contributed by atoms with van der Waals surface area (Å²) in [5.41, 5.74) is 1.13. The van der Waals surface area contributed by atoms with E-state index in [4.69, 9.17) is 4.42 Å². The lowest BCUT2D eigenvalue weighted by atomic mass is 10.1. The largest absolute Gasteiger partial charge is 0.459 e. The van der Waals surface area contributed by atoms with Crippen LogP contribution < -0.4 is 10.6 Å². The van der Waals surface area contributed by atoms with E-state index in [1.165, 1.54) is 31.9 Å². The quantitative estimate of drug-likeness (QED) is 0.835. The number of carbonyl (C=O) groups excluding carboxylic acids is 2. The molecule has 24 heavy (non-hydrogen) atoms. The van der Waals surface area contributed by atoms with Crippen LogP contribution in [0.25, 0.3) is 0 Å². The molecule has 1 heterocycles. The summed E-state index contributed by atoms with van der Waals surface area (Å²) < 4.78 is 5.07. The highest BCUT2D eigenvalue weighted by Crippen LogP contribution is 2.18. The topological polar surface area (TPSA) is 71.3 Å². The Morgan fingerprint density at radius 1 is 0.958 bits per heavy atom. The lowest BCUT2D eigenvalue weighted by molar-refractivity contribution is 0.0932. The summed E-state index contributed by atoms with van der Waals surface area (Å²) in [5, 5.41) is 5.85. The molecule has 0 spiro atoms. The fourth-order valence-electron chi connectivity index (χ4n) is 3.03. The standard InChI is InChI=1S/C19H22N2O3/c22-18(20-15-8-3-1-2-4-9-15)14-7-5-10-16(13-14)21-19(23)17-11-6-12-24-17/h5-7,10-13,15H,1-4,8-9H2,(H,20,22)(H,21,23). The fraction of sp³-hybridized carbons (Fsp3) is 0.368. The van der Waals surface area contributed by atoms with E-state index >= 15 is 0 Å². The molecule has 1 saturated carbocycles. The van der Waals surface area contributed by atoms with Gasteiger partial charge in [0.05, 0.1) is 6.26 Å². The van der Waals surface area contributed by atoms with Crippen molar-refractivity contribution < 1.29 is 14.0 Å². The van der Waals surface area contributed by atoms with E-state index in [0.29, 0.717) is 11.3 Å². The molecule has 2 N–H and O–H groups in total. The summed E-state index contributed by atoms with van der Waals surface area (Å²) in [7, 11) is 0. The molecule has 0 bridgehead atoms. The van der Waals surface area contributed by atoms with Crippen LogP contribution in [0.2, 0.25) is 0 Å². The molecule has 0 radical (unpaired) electrons. The van der Waals surface area contributed by atoms with Crippen LogP contribution in [0.4, 0.5) is 5.69 Å². The van der Waals surface area contributed by atoms with Crippen molar-refractivity contribution in [3.05, 3.63) is 54.0 Å². The van der Waals surface area contributed by atoms with Gasteiger partial charge in [-0.3, -0.25) is 9.59 Å². The van der Waals surface area contributed by atoms with Crippen molar-refractivity contribution in [2.45, 2.75) is 44.6 Å². The predicted molar refractivity (Wildman–Crippen MR) is 92.1 cm³/mol. The minimum atomic E-state index is -0.332. The van der Waals surface area contributed by atoms with Gasteiger partial charge in [0.25, 0.3) is 11.8 Å². The van der Waals surface area contributed by atoms with E-state index in [2.05, 4.69) is 10.6 Å². The monoisotopic (exact) mass is 326 g/mol. The zero-order chi connectivity index (χ0) is 16.8. The Labute approximate surface area is 141 Å². The zero-order valence-corrected chi connectivity index (χ0v) is 13.6. The van der Waals surface area contributed by atoms with E-state index in [9.17, 15) is 9.59 Å². The van der Waals surface area contributed by atoms with Gasteiger partial charge in [0.1, 0.15) is 0 Å². The molecular weight excluding hydrogens is 304 g/mol. The maximum absolute atomic E-state index is 12.4. The number of anilines is 1. The third-order valence-electron chi connectivity index (χ3n) is 4.32. The van der Waals surface area contributed by atoms with Crippen molar-refractivity contribution in [2.24, 2.45) is 0 Å². The average molecular weight is 326 g/mol. The predicted octanol–water partition coefficient (Wildman–Crippen LogP) is 3.98. The first kappa shape index (κ1) is 16.3. The van der Waals surface area contributed by atoms with Gasteiger partial charge in [0.2, 0.25) is 0 Å². The first-order valence-electron chi connectivity index (χ1n) is 8.48. The minimum absolute atomic E-state index is 0.0870. The van der Waals surface area contributed by atoms with Crippen LogP contribution in [0.3, 0.4) is 0 Å². The average Bonchev–Trinajstić information content (AvgIpc) is 3.01. The van der Waals surface area contributed by atoms with Crippen molar-refractivity contribution in [1.29, 1.82) is 0 Å². The molecule has 2 amide bonds. The molecule has 0 aliphatic heterocycles. The summed E-state index contributed by atoms with van der Waals surface area (Å²) in [5.74, 6) is -0.180. The van der Waals surface area contributed by atoms with E-state index in [0.717, 1.165) is 12.8 Å². The van der Waals surface area contributed by atoms with Gasteiger partial charge in [0, 0.05) is 17.3 Å². The van der Waals surface area contributed by atoms with Gasteiger partial charge >= 0.3 is 0 Å². The normalized spacial score (nSPS) is 15.5. The Bertz CT molecular complexity index is 686. The molecular formula is C19H22N2O3. The van der Waals surface area contributed by atoms with Crippen LogP contribution in [-0.4, -0.2) is 17.9 Å². The lowest BCUT2D eigenvalue weighted by Gasteiger charge is -2.16. The van der Waals surface area contributed by atoms with Gasteiger partial charge in [0.15, 0.2) is 5.76 Å². The first-order valence-corrected chi connectivity index (χ1v) is 8.48. The van der Waals surface area contributed by atoms with Crippen LogP contribution in [0.15, 0.2) is 47.1 Å². The molecule has 1 aliphatic carbocycles. The number of hydrogen-bond acceptors (Lipinski definition) is 3. The molecule has 0 saturated heterocycles. The molecule has 5 nitrogen and oxygen atoms in total. The van der Waals surface area contributed by atoms with Crippen molar-refractivity contribution >= 4 is 17.5 Å². The Morgan fingerprint density at radius 2 is 1.75 bits per heavy atom. The van der Waals surface area contributed by atoms with Crippen molar-refractivity contribution in [2.75, 3.05) is 5.32 Å². The second kappa shape index (κ2) is 7.81. The molecule has 2 aromatic rings. The SMILES string of the molecule is O=C(NC1CCCCCC1)c1cccc(NC(=O)c2ccco2)c1. The van der Waals surface area contributed by atoms with E-state index in [1.54, 1.807) is 36.4 Å². The molecule has 1 aromatic heterocycles. The lowest BCUT2D eigenvalue weighted by Crippen LogP contribution is -2.34. The number of nitrogens with one attached hydrogen (secondary N) is 2. The number of rotatable bonds is 4. The smallest absolute Gasteiger partial charge is 0.291 e. The fourth-order valence-corrected chi connectivity index (χ4v) is 3.03.